The Hall–Kier alpha value is -2.29. The Morgan fingerprint density at radius 3 is 2.41 bits per heavy atom. The summed E-state index contributed by atoms with van der Waals surface area (Å²) in [4.78, 5) is 13.5. The van der Waals surface area contributed by atoms with Gasteiger partial charge in [-0.1, -0.05) is 35.9 Å². The molecule has 156 valence electrons. The zero-order valence-corrected chi connectivity index (χ0v) is 17.3. The molecule has 0 bridgehead atoms. The quantitative estimate of drug-likeness (QED) is 0.681. The van der Waals surface area contributed by atoms with Crippen LogP contribution in [0.3, 0.4) is 0 Å². The highest BCUT2D eigenvalue weighted by Gasteiger charge is 2.31. The fourth-order valence-electron chi connectivity index (χ4n) is 3.41. The van der Waals surface area contributed by atoms with Crippen LogP contribution in [0.15, 0.2) is 53.4 Å². The minimum absolute atomic E-state index is 0.105. The predicted octanol–water partition coefficient (Wildman–Crippen LogP) is 0.382. The molecule has 29 heavy (non-hydrogen) atoms. The topological polar surface area (TPSA) is 70.9 Å². The summed E-state index contributed by atoms with van der Waals surface area (Å²) in [5, 5.41) is 2.82. The second-order valence-electron chi connectivity index (χ2n) is 7.34. The van der Waals surface area contributed by atoms with Crippen molar-refractivity contribution in [2.75, 3.05) is 39.3 Å². The van der Waals surface area contributed by atoms with E-state index in [0.29, 0.717) is 49.6 Å². The number of carbonyl (C=O) groups is 1. The maximum atomic E-state index is 13.6. The van der Waals surface area contributed by atoms with E-state index < -0.39 is 10.0 Å². The number of nitrogens with zero attached hydrogens (tertiary/aromatic N) is 1. The SMILES string of the molecule is Cc1ccc(S(=O)(=O)N2CC[NH+](CC(=O)NCCc3ccccc3F)CC2)cc1. The first-order valence-electron chi connectivity index (χ1n) is 9.77. The van der Waals surface area contributed by atoms with Crippen LogP contribution in [0.4, 0.5) is 4.39 Å². The first-order valence-corrected chi connectivity index (χ1v) is 11.2. The number of quaternary nitrogens is 1. The highest BCUT2D eigenvalue weighted by Crippen LogP contribution is 2.16. The second-order valence-corrected chi connectivity index (χ2v) is 9.27. The average Bonchev–Trinajstić information content (AvgIpc) is 2.70. The fraction of sp³-hybridized carbons (Fsp3) is 0.381. The molecule has 1 heterocycles. The Morgan fingerprint density at radius 2 is 1.76 bits per heavy atom. The highest BCUT2D eigenvalue weighted by molar-refractivity contribution is 7.89. The van der Waals surface area contributed by atoms with Crippen molar-refractivity contribution >= 4 is 15.9 Å². The van der Waals surface area contributed by atoms with Crippen LogP contribution in [0, 0.1) is 12.7 Å². The number of nitrogens with one attached hydrogen (secondary N) is 2. The van der Waals surface area contributed by atoms with Crippen LogP contribution in [-0.2, 0) is 21.2 Å². The molecule has 8 heteroatoms. The molecule has 0 saturated carbocycles. The minimum Gasteiger partial charge on any atom is -0.351 e. The number of halogens is 1. The number of piperazine rings is 1. The monoisotopic (exact) mass is 420 g/mol. The zero-order valence-electron chi connectivity index (χ0n) is 16.5. The van der Waals surface area contributed by atoms with Gasteiger partial charge in [-0.3, -0.25) is 4.79 Å². The maximum absolute atomic E-state index is 13.6. The smallest absolute Gasteiger partial charge is 0.275 e. The molecule has 1 aliphatic rings. The molecule has 0 unspecified atom stereocenters. The molecule has 1 fully saturated rings. The van der Waals surface area contributed by atoms with E-state index >= 15 is 0 Å². The van der Waals surface area contributed by atoms with Gasteiger partial charge in [-0.05, 0) is 37.1 Å². The molecule has 2 N–H and O–H groups in total. The van der Waals surface area contributed by atoms with Gasteiger partial charge in [-0.2, -0.15) is 4.31 Å². The normalized spacial score (nSPS) is 15.9. The fourth-order valence-corrected chi connectivity index (χ4v) is 4.85. The molecule has 2 aromatic carbocycles. The van der Waals surface area contributed by atoms with Crippen LogP contribution in [0.1, 0.15) is 11.1 Å². The molecule has 0 spiro atoms. The van der Waals surface area contributed by atoms with E-state index in [1.165, 1.54) is 10.4 Å². The number of aryl methyl sites for hydroxylation is 1. The molecule has 0 aromatic heterocycles. The molecule has 0 radical (unpaired) electrons. The van der Waals surface area contributed by atoms with Gasteiger partial charge in [0, 0.05) is 6.54 Å². The van der Waals surface area contributed by atoms with Crippen LogP contribution in [0.5, 0.6) is 0 Å². The molecule has 1 aliphatic heterocycles. The third-order valence-electron chi connectivity index (χ3n) is 5.17. The summed E-state index contributed by atoms with van der Waals surface area (Å²) < 4.78 is 40.6. The molecule has 0 aliphatic carbocycles. The summed E-state index contributed by atoms with van der Waals surface area (Å²) in [6.45, 7) is 4.50. The molecule has 6 nitrogen and oxygen atoms in total. The van der Waals surface area contributed by atoms with E-state index in [9.17, 15) is 17.6 Å². The van der Waals surface area contributed by atoms with Crippen molar-refractivity contribution in [3.05, 3.63) is 65.5 Å². The van der Waals surface area contributed by atoms with Crippen molar-refractivity contribution in [1.82, 2.24) is 9.62 Å². The van der Waals surface area contributed by atoms with Gasteiger partial charge in [0.1, 0.15) is 5.82 Å². The third kappa shape index (κ3) is 5.62. The summed E-state index contributed by atoms with van der Waals surface area (Å²) in [6.07, 6.45) is 0.441. The van der Waals surface area contributed by atoms with Gasteiger partial charge in [0.15, 0.2) is 6.54 Å². The predicted molar refractivity (Wildman–Crippen MR) is 109 cm³/mol. The van der Waals surface area contributed by atoms with Gasteiger partial charge in [0.2, 0.25) is 10.0 Å². The summed E-state index contributed by atoms with van der Waals surface area (Å²) in [5.74, 6) is -0.371. The summed E-state index contributed by atoms with van der Waals surface area (Å²) in [6, 6.07) is 13.4. The van der Waals surface area contributed by atoms with Gasteiger partial charge in [0.05, 0.1) is 31.1 Å². The van der Waals surface area contributed by atoms with Gasteiger partial charge in [-0.25, -0.2) is 12.8 Å². The van der Waals surface area contributed by atoms with Crippen LogP contribution in [0.25, 0.3) is 0 Å². The van der Waals surface area contributed by atoms with Gasteiger partial charge < -0.3 is 10.2 Å². The van der Waals surface area contributed by atoms with Crippen LogP contribution >= 0.6 is 0 Å². The molecule has 1 saturated heterocycles. The Morgan fingerprint density at radius 1 is 1.10 bits per heavy atom. The van der Waals surface area contributed by atoms with Crippen LogP contribution in [0.2, 0.25) is 0 Å². The number of carbonyl (C=O) groups excluding carboxylic acids is 1. The largest absolute Gasteiger partial charge is 0.351 e. The van der Waals surface area contributed by atoms with Gasteiger partial charge >= 0.3 is 0 Å². The Kier molecular flexibility index (Phi) is 7.00. The van der Waals surface area contributed by atoms with E-state index in [-0.39, 0.29) is 18.3 Å². The number of hydrogen-bond donors (Lipinski definition) is 2. The lowest BCUT2D eigenvalue weighted by molar-refractivity contribution is -0.895. The molecule has 1 amide bonds. The summed E-state index contributed by atoms with van der Waals surface area (Å²) in [5.41, 5.74) is 1.59. The zero-order chi connectivity index (χ0) is 20.9. The van der Waals surface area contributed by atoms with Crippen LogP contribution < -0.4 is 10.2 Å². The van der Waals surface area contributed by atoms with Crippen LogP contribution in [-0.4, -0.2) is 57.9 Å². The van der Waals surface area contributed by atoms with Crippen molar-refractivity contribution < 1.29 is 22.5 Å². The average molecular weight is 421 g/mol. The van der Waals surface area contributed by atoms with Crippen molar-refractivity contribution in [1.29, 1.82) is 0 Å². The summed E-state index contributed by atoms with van der Waals surface area (Å²) in [7, 11) is -3.50. The number of rotatable bonds is 7. The minimum atomic E-state index is -3.50. The first-order chi connectivity index (χ1) is 13.9. The molecular formula is C21H27FN3O3S+. The number of sulfonamides is 1. The molecule has 2 aromatic rings. The van der Waals surface area contributed by atoms with E-state index in [0.717, 1.165) is 10.5 Å². The Labute approximate surface area is 171 Å². The molecular weight excluding hydrogens is 393 g/mol. The number of amides is 1. The van der Waals surface area contributed by atoms with E-state index in [1.807, 2.05) is 6.92 Å². The van der Waals surface area contributed by atoms with Crippen molar-refractivity contribution in [2.45, 2.75) is 18.2 Å². The molecule has 3 rings (SSSR count). The van der Waals surface area contributed by atoms with Crippen molar-refractivity contribution in [3.63, 3.8) is 0 Å². The third-order valence-corrected chi connectivity index (χ3v) is 7.09. The second kappa shape index (κ2) is 9.47. The van der Waals surface area contributed by atoms with E-state index in [1.54, 1.807) is 42.5 Å². The highest BCUT2D eigenvalue weighted by atomic mass is 32.2. The Bertz CT molecular complexity index is 940. The van der Waals surface area contributed by atoms with E-state index in [2.05, 4.69) is 5.32 Å². The lowest BCUT2D eigenvalue weighted by Gasteiger charge is -2.31. The number of benzene rings is 2. The first kappa shape index (κ1) is 21.4. The van der Waals surface area contributed by atoms with Crippen molar-refractivity contribution in [2.24, 2.45) is 0 Å². The standard InChI is InChI=1S/C21H26FN3O3S/c1-17-6-8-19(9-7-17)29(27,28)25-14-12-24(13-15-25)16-21(26)23-11-10-18-4-2-3-5-20(18)22/h2-9H,10-16H2,1H3,(H,23,26)/p+1. The summed E-state index contributed by atoms with van der Waals surface area (Å²) >= 11 is 0. The van der Waals surface area contributed by atoms with Gasteiger partial charge in [0.25, 0.3) is 5.91 Å². The Balaban J connectivity index is 1.44. The number of hydrogen-bond acceptors (Lipinski definition) is 3. The van der Waals surface area contributed by atoms with Gasteiger partial charge in [-0.15, -0.1) is 0 Å². The lowest BCUT2D eigenvalue weighted by Crippen LogP contribution is -3.15. The lowest BCUT2D eigenvalue weighted by atomic mass is 10.1. The van der Waals surface area contributed by atoms with Crippen molar-refractivity contribution in [3.8, 4) is 0 Å². The molecule has 0 atom stereocenters. The maximum Gasteiger partial charge on any atom is 0.275 e. The van der Waals surface area contributed by atoms with E-state index in [4.69, 9.17) is 0 Å².